The number of amides is 2. The van der Waals surface area contributed by atoms with Crippen molar-refractivity contribution in [1.29, 1.82) is 0 Å². The molecule has 0 heterocycles. The Bertz CT molecular complexity index is 829. The van der Waals surface area contributed by atoms with Crippen molar-refractivity contribution in [1.82, 2.24) is 10.2 Å². The molecular weight excluding hydrogens is 388 g/mol. The van der Waals surface area contributed by atoms with Crippen molar-refractivity contribution in [3.05, 3.63) is 65.7 Å². The van der Waals surface area contributed by atoms with Gasteiger partial charge in [-0.3, -0.25) is 9.59 Å². The van der Waals surface area contributed by atoms with E-state index in [0.29, 0.717) is 12.3 Å². The highest BCUT2D eigenvalue weighted by Crippen LogP contribution is 2.18. The molecule has 1 fully saturated rings. The summed E-state index contributed by atoms with van der Waals surface area (Å²) in [4.78, 5) is 27.7. The van der Waals surface area contributed by atoms with E-state index in [1.165, 1.54) is 12.0 Å². The van der Waals surface area contributed by atoms with E-state index in [-0.39, 0.29) is 24.5 Å². The Labute approximate surface area is 185 Å². The Hall–Kier alpha value is -2.82. The number of benzene rings is 2. The highest BCUT2D eigenvalue weighted by atomic mass is 16.5. The summed E-state index contributed by atoms with van der Waals surface area (Å²) < 4.78 is 5.74. The molecule has 0 bridgehead atoms. The first-order valence-electron chi connectivity index (χ1n) is 11.4. The van der Waals surface area contributed by atoms with Gasteiger partial charge < -0.3 is 15.0 Å². The maximum absolute atomic E-state index is 13.1. The lowest BCUT2D eigenvalue weighted by molar-refractivity contribution is -0.142. The van der Waals surface area contributed by atoms with Gasteiger partial charge in [-0.25, -0.2) is 0 Å². The lowest BCUT2D eigenvalue weighted by atomic mass is 9.95. The van der Waals surface area contributed by atoms with Crippen molar-refractivity contribution < 1.29 is 14.3 Å². The number of aryl methyl sites for hydroxylation is 1. The fourth-order valence-corrected chi connectivity index (χ4v) is 3.98. The zero-order valence-electron chi connectivity index (χ0n) is 18.7. The molecule has 166 valence electrons. The third-order valence-corrected chi connectivity index (χ3v) is 6.01. The number of ether oxygens (including phenoxy) is 1. The fourth-order valence-electron chi connectivity index (χ4n) is 3.98. The number of rotatable bonds is 9. The highest BCUT2D eigenvalue weighted by Gasteiger charge is 2.28. The summed E-state index contributed by atoms with van der Waals surface area (Å²) in [5.74, 6) is 0.364. The van der Waals surface area contributed by atoms with Crippen LogP contribution in [0, 0.1) is 0 Å². The molecule has 3 rings (SSSR count). The Morgan fingerprint density at radius 1 is 1.00 bits per heavy atom. The molecule has 2 aromatic carbocycles. The minimum Gasteiger partial charge on any atom is -0.484 e. The van der Waals surface area contributed by atoms with Crippen LogP contribution < -0.4 is 10.1 Å². The van der Waals surface area contributed by atoms with Crippen LogP contribution in [-0.2, 0) is 22.6 Å². The predicted molar refractivity (Wildman–Crippen MR) is 123 cm³/mol. The minimum atomic E-state index is -0.569. The van der Waals surface area contributed by atoms with E-state index in [0.717, 1.165) is 37.7 Å². The third-order valence-electron chi connectivity index (χ3n) is 6.01. The fraction of sp³-hybridized carbons (Fsp3) is 0.462. The summed E-state index contributed by atoms with van der Waals surface area (Å²) >= 11 is 0. The van der Waals surface area contributed by atoms with Crippen LogP contribution in [0.2, 0.25) is 0 Å². The van der Waals surface area contributed by atoms with E-state index in [2.05, 4.69) is 12.2 Å². The molecule has 31 heavy (non-hydrogen) atoms. The van der Waals surface area contributed by atoms with E-state index in [1.807, 2.05) is 54.6 Å². The summed E-state index contributed by atoms with van der Waals surface area (Å²) in [6, 6.07) is 17.2. The smallest absolute Gasteiger partial charge is 0.261 e. The molecule has 2 aromatic rings. The van der Waals surface area contributed by atoms with Crippen LogP contribution >= 0.6 is 0 Å². The zero-order chi connectivity index (χ0) is 22.1. The molecule has 2 amide bonds. The van der Waals surface area contributed by atoms with E-state index >= 15 is 0 Å². The molecule has 0 spiro atoms. The predicted octanol–water partition coefficient (Wildman–Crippen LogP) is 4.49. The lowest BCUT2D eigenvalue weighted by Crippen LogP contribution is -2.51. The van der Waals surface area contributed by atoms with Gasteiger partial charge in [-0.2, -0.15) is 0 Å². The second-order valence-corrected chi connectivity index (χ2v) is 8.31. The molecular formula is C26H34N2O3. The molecule has 1 saturated carbocycles. The molecule has 5 nitrogen and oxygen atoms in total. The molecule has 0 aromatic heterocycles. The summed E-state index contributed by atoms with van der Waals surface area (Å²) in [5.41, 5.74) is 2.21. The third kappa shape index (κ3) is 6.84. The van der Waals surface area contributed by atoms with E-state index in [4.69, 9.17) is 4.74 Å². The maximum Gasteiger partial charge on any atom is 0.261 e. The van der Waals surface area contributed by atoms with Crippen molar-refractivity contribution in [2.75, 3.05) is 6.61 Å². The van der Waals surface area contributed by atoms with Crippen molar-refractivity contribution in [3.63, 3.8) is 0 Å². The molecule has 0 saturated heterocycles. The zero-order valence-corrected chi connectivity index (χ0v) is 18.7. The number of carbonyl (C=O) groups excluding carboxylic acids is 2. The highest BCUT2D eigenvalue weighted by molar-refractivity contribution is 5.88. The van der Waals surface area contributed by atoms with Gasteiger partial charge in [0.15, 0.2) is 6.61 Å². The molecule has 1 N–H and O–H groups in total. The van der Waals surface area contributed by atoms with Crippen molar-refractivity contribution in [2.45, 2.75) is 71.0 Å². The second-order valence-electron chi connectivity index (χ2n) is 8.31. The van der Waals surface area contributed by atoms with Crippen LogP contribution in [0.25, 0.3) is 0 Å². The Kier molecular flexibility index (Phi) is 8.51. The number of hydrogen-bond donors (Lipinski definition) is 1. The van der Waals surface area contributed by atoms with Crippen molar-refractivity contribution in [3.8, 4) is 5.75 Å². The van der Waals surface area contributed by atoms with Gasteiger partial charge in [0.1, 0.15) is 11.8 Å². The molecule has 0 unspecified atom stereocenters. The van der Waals surface area contributed by atoms with Crippen molar-refractivity contribution in [2.24, 2.45) is 0 Å². The number of carbonyl (C=O) groups is 2. The van der Waals surface area contributed by atoms with Gasteiger partial charge in [0.25, 0.3) is 5.91 Å². The average Bonchev–Trinajstić information content (AvgIpc) is 2.82. The molecule has 0 radical (unpaired) electrons. The quantitative estimate of drug-likeness (QED) is 0.648. The first-order chi connectivity index (χ1) is 15.1. The largest absolute Gasteiger partial charge is 0.484 e. The maximum atomic E-state index is 13.1. The SMILES string of the molecule is CCc1ccc(OCC(=O)N(Cc2ccccc2)[C@H](C)C(=O)NC2CCCCC2)cc1. The van der Waals surface area contributed by atoms with E-state index < -0.39 is 6.04 Å². The average molecular weight is 423 g/mol. The van der Waals surface area contributed by atoms with E-state index in [9.17, 15) is 9.59 Å². The van der Waals surface area contributed by atoms with Gasteiger partial charge in [-0.1, -0.05) is 68.7 Å². The number of nitrogens with zero attached hydrogens (tertiary/aromatic N) is 1. The Balaban J connectivity index is 1.66. The van der Waals surface area contributed by atoms with Crippen LogP contribution in [0.1, 0.15) is 57.1 Å². The standard InChI is InChI=1S/C26H34N2O3/c1-3-21-14-16-24(17-15-21)31-19-25(29)28(18-22-10-6-4-7-11-22)20(2)26(30)27-23-12-8-5-9-13-23/h4,6-7,10-11,14-17,20,23H,3,5,8-9,12-13,18-19H2,1-2H3,(H,27,30)/t20-/m1/s1. The molecule has 1 atom stereocenters. The second kappa shape index (κ2) is 11.5. The summed E-state index contributed by atoms with van der Waals surface area (Å²) in [6.07, 6.45) is 6.52. The minimum absolute atomic E-state index is 0.0940. The van der Waals surface area contributed by atoms with Crippen LogP contribution in [0.5, 0.6) is 5.75 Å². The van der Waals surface area contributed by atoms with Crippen LogP contribution in [-0.4, -0.2) is 35.4 Å². The van der Waals surface area contributed by atoms with Gasteiger partial charge in [-0.15, -0.1) is 0 Å². The molecule has 0 aliphatic heterocycles. The molecule has 5 heteroatoms. The number of nitrogens with one attached hydrogen (secondary N) is 1. The van der Waals surface area contributed by atoms with Gasteiger partial charge in [0.05, 0.1) is 0 Å². The first kappa shape index (κ1) is 22.9. The van der Waals surface area contributed by atoms with Crippen LogP contribution in [0.3, 0.4) is 0 Å². The van der Waals surface area contributed by atoms with Crippen LogP contribution in [0.15, 0.2) is 54.6 Å². The van der Waals surface area contributed by atoms with Gasteiger partial charge in [0, 0.05) is 12.6 Å². The first-order valence-corrected chi connectivity index (χ1v) is 11.4. The van der Waals surface area contributed by atoms with E-state index in [1.54, 1.807) is 11.8 Å². The number of hydrogen-bond acceptors (Lipinski definition) is 3. The summed E-state index contributed by atoms with van der Waals surface area (Å²) in [7, 11) is 0. The Morgan fingerprint density at radius 2 is 1.68 bits per heavy atom. The van der Waals surface area contributed by atoms with Gasteiger partial charge >= 0.3 is 0 Å². The van der Waals surface area contributed by atoms with Crippen molar-refractivity contribution >= 4 is 11.8 Å². The molecule has 1 aliphatic carbocycles. The normalized spacial score (nSPS) is 15.2. The topological polar surface area (TPSA) is 58.6 Å². The lowest BCUT2D eigenvalue weighted by Gasteiger charge is -2.31. The summed E-state index contributed by atoms with van der Waals surface area (Å²) in [5, 5.41) is 3.15. The van der Waals surface area contributed by atoms with Gasteiger partial charge in [-0.05, 0) is 49.4 Å². The molecule has 1 aliphatic rings. The van der Waals surface area contributed by atoms with Gasteiger partial charge in [0.2, 0.25) is 5.91 Å². The monoisotopic (exact) mass is 422 g/mol. The summed E-state index contributed by atoms with van der Waals surface area (Å²) in [6.45, 7) is 4.17. The van der Waals surface area contributed by atoms with Crippen LogP contribution in [0.4, 0.5) is 0 Å². The Morgan fingerprint density at radius 3 is 2.32 bits per heavy atom.